The Morgan fingerprint density at radius 2 is 2.00 bits per heavy atom. The lowest BCUT2D eigenvalue weighted by Crippen LogP contribution is -2.38. The molecule has 3 aromatic rings. The first kappa shape index (κ1) is 18.1. The Morgan fingerprint density at radius 3 is 2.86 bits per heavy atom. The summed E-state index contributed by atoms with van der Waals surface area (Å²) in [6.45, 7) is 1.38. The number of nitrogens with one attached hydrogen (secondary N) is 1. The number of hydrogen-bond donors (Lipinski definition) is 2. The molecule has 1 aliphatic heterocycles. The summed E-state index contributed by atoms with van der Waals surface area (Å²) in [5.41, 5.74) is 0.515. The van der Waals surface area contributed by atoms with E-state index < -0.39 is 5.82 Å². The number of halogens is 1. The Kier molecular flexibility index (Phi) is 5.29. The third-order valence-corrected chi connectivity index (χ3v) is 4.42. The van der Waals surface area contributed by atoms with Crippen LogP contribution in [0, 0.1) is 5.82 Å². The highest BCUT2D eigenvalue weighted by Crippen LogP contribution is 2.30. The molecule has 1 fully saturated rings. The van der Waals surface area contributed by atoms with Gasteiger partial charge in [-0.15, -0.1) is 0 Å². The van der Waals surface area contributed by atoms with Gasteiger partial charge in [0.15, 0.2) is 11.6 Å². The van der Waals surface area contributed by atoms with Crippen molar-refractivity contribution in [2.45, 2.75) is 18.9 Å². The van der Waals surface area contributed by atoms with Gasteiger partial charge in [0, 0.05) is 25.5 Å². The van der Waals surface area contributed by atoms with Gasteiger partial charge in [0.05, 0.1) is 6.10 Å². The fourth-order valence-corrected chi connectivity index (χ4v) is 3.07. The van der Waals surface area contributed by atoms with E-state index in [-0.39, 0.29) is 17.7 Å². The van der Waals surface area contributed by atoms with Crippen molar-refractivity contribution in [2.75, 3.05) is 23.3 Å². The maximum Gasteiger partial charge on any atom is 0.243 e. The lowest BCUT2D eigenvalue weighted by atomic mass is 10.1. The molecule has 0 aliphatic carbocycles. The van der Waals surface area contributed by atoms with Crippen molar-refractivity contribution in [1.29, 1.82) is 0 Å². The zero-order valence-corrected chi connectivity index (χ0v) is 15.1. The summed E-state index contributed by atoms with van der Waals surface area (Å²) in [4.78, 5) is 15.0. The number of rotatable bonds is 5. The number of β-amino-alcohol motifs (C(OH)–C–C–N with tert-alkyl or cyclic N) is 1. The second-order valence-corrected chi connectivity index (χ2v) is 6.49. The van der Waals surface area contributed by atoms with Crippen molar-refractivity contribution >= 4 is 17.5 Å². The standard InChI is InChI=1S/C20H20FN5O2/c21-15-6-1-2-8-17(15)28-19-16(7-3-10-22-19)24-20-23-11-9-18(25-20)26-12-4-5-14(27)13-26/h1-3,6-11,14,27H,4-5,12-13H2,(H,23,24,25). The number of para-hydroxylation sites is 1. The van der Waals surface area contributed by atoms with E-state index in [9.17, 15) is 9.50 Å². The number of hydrogen-bond acceptors (Lipinski definition) is 7. The lowest BCUT2D eigenvalue weighted by Gasteiger charge is -2.31. The van der Waals surface area contributed by atoms with E-state index in [1.807, 2.05) is 11.0 Å². The Morgan fingerprint density at radius 1 is 1.11 bits per heavy atom. The summed E-state index contributed by atoms with van der Waals surface area (Å²) in [7, 11) is 0. The van der Waals surface area contributed by atoms with Crippen molar-refractivity contribution in [3.8, 4) is 11.6 Å². The molecule has 144 valence electrons. The van der Waals surface area contributed by atoms with Crippen molar-refractivity contribution in [3.05, 3.63) is 60.7 Å². The number of benzene rings is 1. The fraction of sp³-hybridized carbons (Fsp3) is 0.250. The van der Waals surface area contributed by atoms with Crippen LogP contribution < -0.4 is 15.0 Å². The molecular weight excluding hydrogens is 361 g/mol. The number of ether oxygens (including phenoxy) is 1. The highest BCUT2D eigenvalue weighted by Gasteiger charge is 2.19. The molecule has 2 aromatic heterocycles. The first-order valence-corrected chi connectivity index (χ1v) is 9.09. The smallest absolute Gasteiger partial charge is 0.243 e. The molecule has 4 rings (SSSR count). The molecule has 28 heavy (non-hydrogen) atoms. The maximum absolute atomic E-state index is 13.9. The summed E-state index contributed by atoms with van der Waals surface area (Å²) >= 11 is 0. The first-order chi connectivity index (χ1) is 13.7. The topological polar surface area (TPSA) is 83.4 Å². The van der Waals surface area contributed by atoms with Crippen LogP contribution in [0.15, 0.2) is 54.9 Å². The molecular formula is C20H20FN5O2. The van der Waals surface area contributed by atoms with Crippen molar-refractivity contribution in [3.63, 3.8) is 0 Å². The van der Waals surface area contributed by atoms with E-state index >= 15 is 0 Å². The van der Waals surface area contributed by atoms with Gasteiger partial charge in [-0.2, -0.15) is 4.98 Å². The Bertz CT molecular complexity index is 955. The van der Waals surface area contributed by atoms with Crippen molar-refractivity contribution in [1.82, 2.24) is 15.0 Å². The molecule has 1 unspecified atom stereocenters. The molecule has 2 N–H and O–H groups in total. The zero-order chi connectivity index (χ0) is 19.3. The quantitative estimate of drug-likeness (QED) is 0.700. The van der Waals surface area contributed by atoms with Crippen LogP contribution in [0.1, 0.15) is 12.8 Å². The summed E-state index contributed by atoms with van der Waals surface area (Å²) in [5.74, 6) is 0.929. The van der Waals surface area contributed by atoms with E-state index in [1.165, 1.54) is 12.1 Å². The summed E-state index contributed by atoms with van der Waals surface area (Å²) in [6, 6.07) is 11.4. The first-order valence-electron chi connectivity index (χ1n) is 9.09. The molecule has 0 saturated carbocycles. The SMILES string of the molecule is OC1CCCN(c2ccnc(Nc3cccnc3Oc3ccccc3F)n2)C1. The average Bonchev–Trinajstić information content (AvgIpc) is 2.71. The van der Waals surface area contributed by atoms with E-state index in [1.54, 1.807) is 36.7 Å². The Hall–Kier alpha value is -3.26. The van der Waals surface area contributed by atoms with E-state index in [0.717, 1.165) is 25.2 Å². The van der Waals surface area contributed by atoms with E-state index in [2.05, 4.69) is 20.3 Å². The van der Waals surface area contributed by atoms with Gasteiger partial charge in [-0.25, -0.2) is 14.4 Å². The van der Waals surface area contributed by atoms with E-state index in [4.69, 9.17) is 4.74 Å². The van der Waals surface area contributed by atoms with Crippen LogP contribution >= 0.6 is 0 Å². The maximum atomic E-state index is 13.9. The number of aliphatic hydroxyl groups is 1. The summed E-state index contributed by atoms with van der Waals surface area (Å²) in [6.07, 6.45) is 4.59. The number of anilines is 3. The van der Waals surface area contributed by atoms with Crippen LogP contribution in [0.3, 0.4) is 0 Å². The molecule has 1 aliphatic rings. The second kappa shape index (κ2) is 8.18. The van der Waals surface area contributed by atoms with Gasteiger partial charge in [0.25, 0.3) is 0 Å². The van der Waals surface area contributed by atoms with Crippen LogP contribution in [-0.2, 0) is 0 Å². The number of piperidine rings is 1. The van der Waals surface area contributed by atoms with Crippen LogP contribution in [-0.4, -0.2) is 39.3 Å². The minimum absolute atomic E-state index is 0.0845. The number of aliphatic hydroxyl groups excluding tert-OH is 1. The highest BCUT2D eigenvalue weighted by atomic mass is 19.1. The largest absolute Gasteiger partial charge is 0.434 e. The molecule has 0 radical (unpaired) electrons. The zero-order valence-electron chi connectivity index (χ0n) is 15.1. The lowest BCUT2D eigenvalue weighted by molar-refractivity contribution is 0.154. The van der Waals surface area contributed by atoms with Crippen LogP contribution in [0.5, 0.6) is 11.6 Å². The van der Waals surface area contributed by atoms with Crippen molar-refractivity contribution < 1.29 is 14.2 Å². The number of pyridine rings is 1. The van der Waals surface area contributed by atoms with Gasteiger partial charge in [-0.05, 0) is 43.2 Å². The van der Waals surface area contributed by atoms with Gasteiger partial charge >= 0.3 is 0 Å². The van der Waals surface area contributed by atoms with Gasteiger partial charge in [-0.3, -0.25) is 0 Å². The van der Waals surface area contributed by atoms with Crippen LogP contribution in [0.4, 0.5) is 21.8 Å². The predicted octanol–water partition coefficient (Wildman–Crippen LogP) is 3.51. The monoisotopic (exact) mass is 381 g/mol. The van der Waals surface area contributed by atoms with Crippen molar-refractivity contribution in [2.24, 2.45) is 0 Å². The van der Waals surface area contributed by atoms with Gasteiger partial charge in [-0.1, -0.05) is 12.1 Å². The molecule has 7 nitrogen and oxygen atoms in total. The highest BCUT2D eigenvalue weighted by molar-refractivity contribution is 5.61. The van der Waals surface area contributed by atoms with Crippen LogP contribution in [0.2, 0.25) is 0 Å². The van der Waals surface area contributed by atoms with Crippen LogP contribution in [0.25, 0.3) is 0 Å². The summed E-state index contributed by atoms with van der Waals surface area (Å²) < 4.78 is 19.5. The van der Waals surface area contributed by atoms with Gasteiger partial charge in [0.1, 0.15) is 11.5 Å². The Balaban J connectivity index is 1.55. The minimum Gasteiger partial charge on any atom is -0.434 e. The molecule has 0 spiro atoms. The number of aromatic nitrogens is 3. The molecule has 3 heterocycles. The summed E-state index contributed by atoms with van der Waals surface area (Å²) in [5, 5.41) is 13.0. The van der Waals surface area contributed by atoms with E-state index in [0.29, 0.717) is 18.2 Å². The minimum atomic E-state index is -0.471. The molecule has 0 amide bonds. The van der Waals surface area contributed by atoms with Gasteiger partial charge in [0.2, 0.25) is 11.8 Å². The molecule has 1 aromatic carbocycles. The second-order valence-electron chi connectivity index (χ2n) is 6.49. The normalized spacial score (nSPS) is 16.6. The fourth-order valence-electron chi connectivity index (χ4n) is 3.07. The third-order valence-electron chi connectivity index (χ3n) is 4.42. The number of nitrogens with zero attached hydrogens (tertiary/aromatic N) is 4. The Labute approximate surface area is 161 Å². The molecule has 0 bridgehead atoms. The molecule has 1 atom stereocenters. The third kappa shape index (κ3) is 4.17. The molecule has 8 heteroatoms. The predicted molar refractivity (Wildman–Crippen MR) is 103 cm³/mol. The average molecular weight is 381 g/mol. The molecule has 1 saturated heterocycles. The van der Waals surface area contributed by atoms with Gasteiger partial charge < -0.3 is 20.1 Å².